The molecule has 0 fully saturated rings. The number of thiophene rings is 1. The molecule has 3 rings (SSSR count). The van der Waals surface area contributed by atoms with Crippen LogP contribution in [0.25, 0.3) is 10.7 Å². The molecular weight excluding hydrogens is 423 g/mol. The molecule has 3 aromatic rings. The number of hydrogen-bond donors (Lipinski definition) is 2. The van der Waals surface area contributed by atoms with E-state index in [9.17, 15) is 9.18 Å². The van der Waals surface area contributed by atoms with Crippen LogP contribution in [0.1, 0.15) is 27.2 Å². The number of carbonyl (C=O) groups excluding carboxylic acids is 1. The molecule has 160 valence electrons. The van der Waals surface area contributed by atoms with E-state index < -0.39 is 5.82 Å². The normalized spacial score (nSPS) is 12.5. The first kappa shape index (κ1) is 22.2. The summed E-state index contributed by atoms with van der Waals surface area (Å²) in [5, 5.41) is 12.1. The van der Waals surface area contributed by atoms with Gasteiger partial charge >= 0.3 is 0 Å². The first-order valence-electron chi connectivity index (χ1n) is 9.61. The van der Waals surface area contributed by atoms with Crippen LogP contribution < -0.4 is 10.1 Å². The summed E-state index contributed by atoms with van der Waals surface area (Å²) in [7, 11) is 0. The number of rotatable bonds is 8. The number of nitrogens with zero attached hydrogens (tertiary/aromatic N) is 2. The van der Waals surface area contributed by atoms with E-state index in [1.807, 2.05) is 42.9 Å². The predicted molar refractivity (Wildman–Crippen MR) is 119 cm³/mol. The molecule has 30 heavy (non-hydrogen) atoms. The molecule has 1 amide bonds. The van der Waals surface area contributed by atoms with Crippen molar-refractivity contribution < 1.29 is 13.9 Å². The molecule has 2 heterocycles. The Balaban J connectivity index is 1.62. The molecule has 2 aromatic heterocycles. The van der Waals surface area contributed by atoms with Gasteiger partial charge in [0.25, 0.3) is 0 Å². The molecule has 1 unspecified atom stereocenters. The van der Waals surface area contributed by atoms with Crippen LogP contribution in [-0.4, -0.2) is 33.3 Å². The maximum absolute atomic E-state index is 13.8. The van der Waals surface area contributed by atoms with Gasteiger partial charge in [0.2, 0.25) is 5.91 Å². The molecule has 0 radical (unpaired) electrons. The fourth-order valence-electron chi connectivity index (χ4n) is 2.84. The molecule has 1 atom stereocenters. The van der Waals surface area contributed by atoms with Crippen LogP contribution in [0.15, 0.2) is 41.8 Å². The van der Waals surface area contributed by atoms with Crippen LogP contribution in [0, 0.1) is 16.0 Å². The van der Waals surface area contributed by atoms with Crippen molar-refractivity contribution >= 4 is 29.5 Å². The molecule has 2 N–H and O–H groups in total. The molecule has 0 spiro atoms. The summed E-state index contributed by atoms with van der Waals surface area (Å²) >= 11 is 6.88. The minimum Gasteiger partial charge on any atom is -0.488 e. The summed E-state index contributed by atoms with van der Waals surface area (Å²) in [5.41, 5.74) is -0.269. The largest absolute Gasteiger partial charge is 0.488 e. The van der Waals surface area contributed by atoms with Gasteiger partial charge in [-0.15, -0.1) is 11.3 Å². The number of aromatic nitrogens is 3. The molecule has 0 bridgehead atoms. The number of ether oxygens (including phenoxy) is 1. The quantitative estimate of drug-likeness (QED) is 0.485. The van der Waals surface area contributed by atoms with Gasteiger partial charge in [0.15, 0.2) is 22.2 Å². The number of nitrogens with one attached hydrogen (secondary N) is 2. The Bertz CT molecular complexity index is 1040. The average Bonchev–Trinajstić information content (AvgIpc) is 3.33. The SMILES string of the molecule is CC(C)(C)C(COc1ccccc1F)NC(=O)CCn1c(-c2cccs2)n[nH]c1=S. The van der Waals surface area contributed by atoms with Gasteiger partial charge in [0, 0.05) is 13.0 Å². The zero-order valence-corrected chi connectivity index (χ0v) is 18.8. The Hall–Kier alpha value is -2.52. The maximum Gasteiger partial charge on any atom is 0.222 e. The van der Waals surface area contributed by atoms with Gasteiger partial charge in [0.05, 0.1) is 10.9 Å². The number of hydrogen-bond acceptors (Lipinski definition) is 5. The van der Waals surface area contributed by atoms with Crippen molar-refractivity contribution in [3.63, 3.8) is 0 Å². The predicted octanol–water partition coefficient (Wildman–Crippen LogP) is 4.81. The van der Waals surface area contributed by atoms with Gasteiger partial charge in [-0.25, -0.2) is 4.39 Å². The number of amides is 1. The third-order valence-corrected chi connectivity index (χ3v) is 5.86. The third-order valence-electron chi connectivity index (χ3n) is 4.69. The molecule has 6 nitrogen and oxygen atoms in total. The van der Waals surface area contributed by atoms with E-state index in [1.165, 1.54) is 6.07 Å². The summed E-state index contributed by atoms with van der Waals surface area (Å²) in [5.74, 6) is 0.337. The Labute approximate surface area is 184 Å². The molecule has 0 saturated carbocycles. The molecule has 0 aliphatic rings. The number of para-hydroxylation sites is 1. The smallest absolute Gasteiger partial charge is 0.222 e. The Morgan fingerprint density at radius 2 is 2.10 bits per heavy atom. The van der Waals surface area contributed by atoms with Gasteiger partial charge in [-0.3, -0.25) is 14.5 Å². The average molecular weight is 449 g/mol. The lowest BCUT2D eigenvalue weighted by Gasteiger charge is -2.31. The van der Waals surface area contributed by atoms with Crippen LogP contribution >= 0.6 is 23.6 Å². The summed E-state index contributed by atoms with van der Waals surface area (Å²) < 4.78 is 21.8. The topological polar surface area (TPSA) is 71.9 Å². The third kappa shape index (κ3) is 5.54. The maximum atomic E-state index is 13.8. The molecular formula is C21H25FN4O2S2. The summed E-state index contributed by atoms with van der Waals surface area (Å²) in [6.07, 6.45) is 0.235. The second-order valence-corrected chi connectivity index (χ2v) is 9.29. The number of halogens is 1. The van der Waals surface area contributed by atoms with Crippen molar-refractivity contribution in [1.82, 2.24) is 20.1 Å². The van der Waals surface area contributed by atoms with E-state index in [0.29, 0.717) is 11.3 Å². The van der Waals surface area contributed by atoms with Crippen LogP contribution in [0.2, 0.25) is 0 Å². The van der Waals surface area contributed by atoms with Gasteiger partial charge in [-0.05, 0) is 41.2 Å². The highest BCUT2D eigenvalue weighted by molar-refractivity contribution is 7.71. The van der Waals surface area contributed by atoms with Crippen molar-refractivity contribution in [3.8, 4) is 16.5 Å². The molecule has 0 saturated heterocycles. The summed E-state index contributed by atoms with van der Waals surface area (Å²) in [6, 6.07) is 9.85. The van der Waals surface area contributed by atoms with E-state index in [2.05, 4.69) is 15.5 Å². The van der Waals surface area contributed by atoms with Crippen LogP contribution in [0.3, 0.4) is 0 Å². The molecule has 9 heteroatoms. The molecule has 0 aliphatic heterocycles. The zero-order valence-electron chi connectivity index (χ0n) is 17.1. The van der Waals surface area contributed by atoms with E-state index >= 15 is 0 Å². The first-order valence-corrected chi connectivity index (χ1v) is 10.9. The number of benzene rings is 1. The number of aromatic amines is 1. The van der Waals surface area contributed by atoms with Crippen molar-refractivity contribution in [2.75, 3.05) is 6.61 Å². The van der Waals surface area contributed by atoms with Gasteiger partial charge in [-0.1, -0.05) is 39.0 Å². The highest BCUT2D eigenvalue weighted by atomic mass is 32.1. The lowest BCUT2D eigenvalue weighted by atomic mass is 9.87. The number of H-pyrrole nitrogens is 1. The molecule has 1 aromatic carbocycles. The van der Waals surface area contributed by atoms with Crippen molar-refractivity contribution in [2.45, 2.75) is 39.8 Å². The second kappa shape index (κ2) is 9.53. The van der Waals surface area contributed by atoms with E-state index in [1.54, 1.807) is 29.5 Å². The monoisotopic (exact) mass is 448 g/mol. The lowest BCUT2D eigenvalue weighted by molar-refractivity contribution is -0.123. The lowest BCUT2D eigenvalue weighted by Crippen LogP contribution is -2.47. The zero-order chi connectivity index (χ0) is 21.7. The van der Waals surface area contributed by atoms with E-state index in [4.69, 9.17) is 17.0 Å². The van der Waals surface area contributed by atoms with Crippen molar-refractivity contribution in [3.05, 3.63) is 52.4 Å². The van der Waals surface area contributed by atoms with Gasteiger partial charge < -0.3 is 10.1 Å². The molecule has 0 aliphatic carbocycles. The highest BCUT2D eigenvalue weighted by Crippen LogP contribution is 2.24. The highest BCUT2D eigenvalue weighted by Gasteiger charge is 2.27. The standard InChI is InChI=1S/C21H25FN4O2S2/c1-21(2,3)17(13-28-15-8-5-4-7-14(15)22)23-18(27)10-11-26-19(24-25-20(26)29)16-9-6-12-30-16/h4-9,12,17H,10-11,13H2,1-3H3,(H,23,27)(H,25,29). The minimum absolute atomic E-state index is 0.132. The van der Waals surface area contributed by atoms with Gasteiger partial charge in [-0.2, -0.15) is 5.10 Å². The number of carbonyl (C=O) groups is 1. The van der Waals surface area contributed by atoms with Crippen LogP contribution in [0.4, 0.5) is 4.39 Å². The van der Waals surface area contributed by atoms with Crippen LogP contribution in [0.5, 0.6) is 5.75 Å². The van der Waals surface area contributed by atoms with E-state index in [-0.39, 0.29) is 36.1 Å². The first-order chi connectivity index (χ1) is 14.3. The summed E-state index contributed by atoms with van der Waals surface area (Å²) in [6.45, 7) is 6.58. The van der Waals surface area contributed by atoms with Crippen molar-refractivity contribution in [1.29, 1.82) is 0 Å². The van der Waals surface area contributed by atoms with Gasteiger partial charge in [0.1, 0.15) is 6.61 Å². The van der Waals surface area contributed by atoms with Crippen LogP contribution in [-0.2, 0) is 11.3 Å². The van der Waals surface area contributed by atoms with E-state index in [0.717, 1.165) is 10.7 Å². The Morgan fingerprint density at radius 3 is 2.77 bits per heavy atom. The van der Waals surface area contributed by atoms with Crippen molar-refractivity contribution in [2.24, 2.45) is 5.41 Å². The summed E-state index contributed by atoms with van der Waals surface area (Å²) in [4.78, 5) is 13.6. The fraction of sp³-hybridized carbons (Fsp3) is 0.381. The minimum atomic E-state index is -0.424. The fourth-order valence-corrected chi connectivity index (χ4v) is 3.79. The Kier molecular flexibility index (Phi) is 7.04. The second-order valence-electron chi connectivity index (χ2n) is 7.96. The Morgan fingerprint density at radius 1 is 1.33 bits per heavy atom.